The van der Waals surface area contributed by atoms with Gasteiger partial charge in [0.2, 0.25) is 0 Å². The van der Waals surface area contributed by atoms with Crippen molar-refractivity contribution in [3.05, 3.63) is 18.2 Å². The van der Waals surface area contributed by atoms with Crippen LogP contribution in [0, 0.1) is 5.41 Å². The quantitative estimate of drug-likeness (QED) is 0.909. The van der Waals surface area contributed by atoms with Crippen LogP contribution in [-0.2, 0) is 13.1 Å². The summed E-state index contributed by atoms with van der Waals surface area (Å²) in [7, 11) is 0. The average molecular weight is 276 g/mol. The molecule has 0 saturated carbocycles. The van der Waals surface area contributed by atoms with Crippen LogP contribution < -0.4 is 5.73 Å². The van der Waals surface area contributed by atoms with Gasteiger partial charge < -0.3 is 10.3 Å². The number of alkyl halides is 3. The van der Waals surface area contributed by atoms with Crippen LogP contribution in [0.25, 0.3) is 0 Å². The van der Waals surface area contributed by atoms with Gasteiger partial charge in [0.15, 0.2) is 0 Å². The lowest BCUT2D eigenvalue weighted by Gasteiger charge is -2.22. The standard InChI is InChI=1S/C12H19F3N4/c1-11(7-16)2-4-18(8-11)6-10-17-3-5-19(10)9-12(13,14)15/h3,5H,2,4,6-9,16H2,1H3. The average Bonchev–Trinajstić information content (AvgIpc) is 2.86. The second-order valence-electron chi connectivity index (χ2n) is 5.56. The van der Waals surface area contributed by atoms with Crippen molar-refractivity contribution >= 4 is 0 Å². The monoisotopic (exact) mass is 276 g/mol. The second-order valence-corrected chi connectivity index (χ2v) is 5.56. The maximum Gasteiger partial charge on any atom is 0.406 e. The van der Waals surface area contributed by atoms with Gasteiger partial charge in [-0.15, -0.1) is 0 Å². The van der Waals surface area contributed by atoms with Crippen molar-refractivity contribution in [3.8, 4) is 0 Å². The Morgan fingerprint density at radius 2 is 2.21 bits per heavy atom. The lowest BCUT2D eigenvalue weighted by atomic mass is 9.90. The zero-order valence-electron chi connectivity index (χ0n) is 11.0. The molecule has 1 aliphatic rings. The highest BCUT2D eigenvalue weighted by molar-refractivity contribution is 4.96. The molecule has 0 radical (unpaired) electrons. The topological polar surface area (TPSA) is 47.1 Å². The molecule has 1 fully saturated rings. The molecule has 0 bridgehead atoms. The Labute approximate surface area is 110 Å². The third-order valence-electron chi connectivity index (χ3n) is 3.65. The number of likely N-dealkylation sites (tertiary alicyclic amines) is 1. The van der Waals surface area contributed by atoms with Gasteiger partial charge in [0.1, 0.15) is 12.4 Å². The summed E-state index contributed by atoms with van der Waals surface area (Å²) in [5.74, 6) is 0.457. The third-order valence-corrected chi connectivity index (χ3v) is 3.65. The Balaban J connectivity index is 1.99. The van der Waals surface area contributed by atoms with Crippen LogP contribution >= 0.6 is 0 Å². The zero-order valence-corrected chi connectivity index (χ0v) is 11.0. The van der Waals surface area contributed by atoms with Crippen molar-refractivity contribution in [1.29, 1.82) is 0 Å². The molecule has 2 heterocycles. The van der Waals surface area contributed by atoms with Crippen molar-refractivity contribution in [2.24, 2.45) is 11.1 Å². The first-order valence-corrected chi connectivity index (χ1v) is 6.30. The van der Waals surface area contributed by atoms with Gasteiger partial charge in [0, 0.05) is 18.9 Å². The maximum absolute atomic E-state index is 12.4. The molecule has 0 aliphatic carbocycles. The van der Waals surface area contributed by atoms with E-state index in [9.17, 15) is 13.2 Å². The van der Waals surface area contributed by atoms with Crippen molar-refractivity contribution in [1.82, 2.24) is 14.5 Å². The molecular formula is C12H19F3N4. The van der Waals surface area contributed by atoms with Crippen LogP contribution in [-0.4, -0.2) is 40.3 Å². The first-order valence-electron chi connectivity index (χ1n) is 6.30. The molecule has 0 amide bonds. The van der Waals surface area contributed by atoms with Crippen molar-refractivity contribution < 1.29 is 13.2 Å². The molecular weight excluding hydrogens is 257 g/mol. The minimum Gasteiger partial charge on any atom is -0.330 e. The van der Waals surface area contributed by atoms with Gasteiger partial charge in [-0.05, 0) is 24.9 Å². The summed E-state index contributed by atoms with van der Waals surface area (Å²) in [4.78, 5) is 6.14. The lowest BCUT2D eigenvalue weighted by Crippen LogP contribution is -2.32. The summed E-state index contributed by atoms with van der Waals surface area (Å²) in [5.41, 5.74) is 5.79. The largest absolute Gasteiger partial charge is 0.406 e. The zero-order chi connectivity index (χ0) is 14.1. The molecule has 1 aromatic heterocycles. The molecule has 0 spiro atoms. The molecule has 108 valence electrons. The number of nitrogens with two attached hydrogens (primary N) is 1. The van der Waals surface area contributed by atoms with Gasteiger partial charge in [-0.2, -0.15) is 13.2 Å². The summed E-state index contributed by atoms with van der Waals surface area (Å²) in [6.07, 6.45) is -0.448. The summed E-state index contributed by atoms with van der Waals surface area (Å²) in [6, 6.07) is 0. The van der Waals surface area contributed by atoms with E-state index in [1.807, 2.05) is 0 Å². The molecule has 4 nitrogen and oxygen atoms in total. The molecule has 1 aromatic rings. The Morgan fingerprint density at radius 1 is 1.47 bits per heavy atom. The normalized spacial score (nSPS) is 25.1. The van der Waals surface area contributed by atoms with Gasteiger partial charge in [-0.25, -0.2) is 4.98 Å². The van der Waals surface area contributed by atoms with Gasteiger partial charge in [-0.1, -0.05) is 6.92 Å². The Kier molecular flexibility index (Phi) is 3.87. The van der Waals surface area contributed by atoms with Crippen LogP contribution in [0.5, 0.6) is 0 Å². The predicted molar refractivity (Wildman–Crippen MR) is 65.3 cm³/mol. The minimum atomic E-state index is -4.22. The summed E-state index contributed by atoms with van der Waals surface area (Å²) < 4.78 is 38.4. The highest BCUT2D eigenvalue weighted by Gasteiger charge is 2.33. The molecule has 1 unspecified atom stereocenters. The molecule has 19 heavy (non-hydrogen) atoms. The molecule has 1 aliphatic heterocycles. The van der Waals surface area contributed by atoms with E-state index in [0.717, 1.165) is 24.1 Å². The number of aromatic nitrogens is 2. The third kappa shape index (κ3) is 3.70. The van der Waals surface area contributed by atoms with Crippen molar-refractivity contribution in [2.45, 2.75) is 32.6 Å². The van der Waals surface area contributed by atoms with E-state index in [2.05, 4.69) is 16.8 Å². The number of rotatable bonds is 4. The smallest absolute Gasteiger partial charge is 0.330 e. The molecule has 1 atom stereocenters. The van der Waals surface area contributed by atoms with Crippen LogP contribution in [0.4, 0.5) is 13.2 Å². The van der Waals surface area contributed by atoms with Crippen molar-refractivity contribution in [2.75, 3.05) is 19.6 Å². The highest BCUT2D eigenvalue weighted by Crippen LogP contribution is 2.29. The van der Waals surface area contributed by atoms with E-state index in [-0.39, 0.29) is 5.41 Å². The number of imidazole rings is 1. The molecule has 1 saturated heterocycles. The Bertz CT molecular complexity index is 429. The maximum atomic E-state index is 12.4. The molecule has 0 aromatic carbocycles. The second kappa shape index (κ2) is 5.13. The first-order chi connectivity index (χ1) is 8.81. The SMILES string of the molecule is CC1(CN)CCN(Cc2nccn2CC(F)(F)F)C1. The Hall–Kier alpha value is -1.08. The minimum absolute atomic E-state index is 0.0709. The van der Waals surface area contributed by atoms with E-state index >= 15 is 0 Å². The molecule has 2 N–H and O–H groups in total. The number of nitrogens with zero attached hydrogens (tertiary/aromatic N) is 3. The van der Waals surface area contributed by atoms with E-state index < -0.39 is 12.7 Å². The molecule has 7 heteroatoms. The summed E-state index contributed by atoms with van der Waals surface area (Å²) >= 11 is 0. The van der Waals surface area contributed by atoms with E-state index in [1.54, 1.807) is 0 Å². The number of hydrogen-bond acceptors (Lipinski definition) is 3. The summed E-state index contributed by atoms with van der Waals surface area (Å²) in [6.45, 7) is 3.83. The fourth-order valence-electron chi connectivity index (χ4n) is 2.46. The number of hydrogen-bond donors (Lipinski definition) is 1. The number of halogens is 3. The van der Waals surface area contributed by atoms with E-state index in [1.165, 1.54) is 12.4 Å². The van der Waals surface area contributed by atoms with Gasteiger partial charge in [0.05, 0.1) is 6.54 Å². The van der Waals surface area contributed by atoms with Gasteiger partial charge in [0.25, 0.3) is 0 Å². The van der Waals surface area contributed by atoms with Gasteiger partial charge in [-0.3, -0.25) is 4.90 Å². The fraction of sp³-hybridized carbons (Fsp3) is 0.750. The lowest BCUT2D eigenvalue weighted by molar-refractivity contribution is -0.141. The summed E-state index contributed by atoms with van der Waals surface area (Å²) in [5, 5.41) is 0. The fourth-order valence-corrected chi connectivity index (χ4v) is 2.46. The first kappa shape index (κ1) is 14.3. The highest BCUT2D eigenvalue weighted by atomic mass is 19.4. The van der Waals surface area contributed by atoms with E-state index in [4.69, 9.17) is 5.73 Å². The van der Waals surface area contributed by atoms with Crippen LogP contribution in [0.15, 0.2) is 12.4 Å². The Morgan fingerprint density at radius 3 is 2.79 bits per heavy atom. The van der Waals surface area contributed by atoms with Gasteiger partial charge >= 0.3 is 6.18 Å². The molecule has 2 rings (SSSR count). The van der Waals surface area contributed by atoms with Crippen LogP contribution in [0.3, 0.4) is 0 Å². The predicted octanol–water partition coefficient (Wildman–Crippen LogP) is 1.62. The van der Waals surface area contributed by atoms with Crippen LogP contribution in [0.2, 0.25) is 0 Å². The van der Waals surface area contributed by atoms with E-state index in [0.29, 0.717) is 18.9 Å². The van der Waals surface area contributed by atoms with Crippen molar-refractivity contribution in [3.63, 3.8) is 0 Å². The van der Waals surface area contributed by atoms with Crippen LogP contribution in [0.1, 0.15) is 19.2 Å².